The van der Waals surface area contributed by atoms with Crippen LogP contribution < -0.4 is 5.73 Å². The Morgan fingerprint density at radius 3 is 2.65 bits per heavy atom. The van der Waals surface area contributed by atoms with Gasteiger partial charge >= 0.3 is 0 Å². The summed E-state index contributed by atoms with van der Waals surface area (Å²) in [4.78, 5) is 6.42. The zero-order valence-electron chi connectivity index (χ0n) is 10.9. The molecule has 4 heteroatoms. The molecular weight excluding hydrogens is 214 g/mol. The van der Waals surface area contributed by atoms with Gasteiger partial charge in [0.25, 0.3) is 0 Å². The molecule has 17 heavy (non-hydrogen) atoms. The van der Waals surface area contributed by atoms with Crippen molar-refractivity contribution < 1.29 is 4.74 Å². The van der Waals surface area contributed by atoms with Crippen LogP contribution in [0.5, 0.6) is 0 Å². The second-order valence-electron chi connectivity index (χ2n) is 4.02. The van der Waals surface area contributed by atoms with E-state index < -0.39 is 0 Å². The molecular formula is C13H23N3O. The Kier molecular flexibility index (Phi) is 6.58. The van der Waals surface area contributed by atoms with Gasteiger partial charge in [-0.1, -0.05) is 19.9 Å². The van der Waals surface area contributed by atoms with E-state index in [0.717, 1.165) is 38.2 Å². The lowest BCUT2D eigenvalue weighted by Gasteiger charge is -2.17. The van der Waals surface area contributed by atoms with Gasteiger partial charge in [-0.15, -0.1) is 0 Å². The van der Waals surface area contributed by atoms with Gasteiger partial charge in [0.15, 0.2) is 0 Å². The second-order valence-corrected chi connectivity index (χ2v) is 4.02. The molecule has 0 saturated carbocycles. The topological polar surface area (TPSA) is 51.4 Å². The van der Waals surface area contributed by atoms with Crippen LogP contribution >= 0.6 is 0 Å². The molecule has 0 aliphatic heterocycles. The summed E-state index contributed by atoms with van der Waals surface area (Å²) in [5.41, 5.74) is 6.58. The predicted octanol–water partition coefficient (Wildman–Crippen LogP) is 1.91. The highest BCUT2D eigenvalue weighted by Crippen LogP contribution is 2.03. The highest BCUT2D eigenvalue weighted by Gasteiger charge is 1.98. The lowest BCUT2D eigenvalue weighted by Crippen LogP contribution is -2.24. The first-order chi connectivity index (χ1) is 8.26. The summed E-state index contributed by atoms with van der Waals surface area (Å²) in [6.07, 6.45) is 2.84. The maximum absolute atomic E-state index is 5.59. The van der Waals surface area contributed by atoms with E-state index in [1.165, 1.54) is 0 Å². The molecule has 96 valence electrons. The number of nitrogens with zero attached hydrogens (tertiary/aromatic N) is 2. The molecule has 0 fully saturated rings. The number of rotatable bonds is 8. The Labute approximate surface area is 104 Å². The van der Waals surface area contributed by atoms with Gasteiger partial charge in [0.05, 0.1) is 6.61 Å². The molecule has 1 aromatic heterocycles. The highest BCUT2D eigenvalue weighted by molar-refractivity contribution is 5.28. The van der Waals surface area contributed by atoms with E-state index in [4.69, 9.17) is 10.5 Å². The Balaban J connectivity index is 2.10. The van der Waals surface area contributed by atoms with Crippen LogP contribution in [-0.4, -0.2) is 36.1 Å². The number of hydrogen-bond donors (Lipinski definition) is 1. The third-order valence-corrected chi connectivity index (χ3v) is 2.77. The first-order valence-corrected chi connectivity index (χ1v) is 6.26. The van der Waals surface area contributed by atoms with Crippen molar-refractivity contribution in [1.29, 1.82) is 0 Å². The summed E-state index contributed by atoms with van der Waals surface area (Å²) in [6.45, 7) is 9.10. The van der Waals surface area contributed by atoms with Crippen molar-refractivity contribution in [3.8, 4) is 0 Å². The van der Waals surface area contributed by atoms with Crippen molar-refractivity contribution in [1.82, 2.24) is 9.88 Å². The number of anilines is 1. The molecule has 0 atom stereocenters. The van der Waals surface area contributed by atoms with Gasteiger partial charge in [-0.2, -0.15) is 0 Å². The minimum absolute atomic E-state index is 0.551. The lowest BCUT2D eigenvalue weighted by atomic mass is 10.3. The van der Waals surface area contributed by atoms with Crippen molar-refractivity contribution >= 4 is 5.82 Å². The van der Waals surface area contributed by atoms with E-state index in [9.17, 15) is 0 Å². The maximum atomic E-state index is 5.59. The van der Waals surface area contributed by atoms with E-state index in [1.807, 2.05) is 6.07 Å². The van der Waals surface area contributed by atoms with Crippen LogP contribution in [0.4, 0.5) is 5.82 Å². The predicted molar refractivity (Wildman–Crippen MR) is 70.7 cm³/mol. The van der Waals surface area contributed by atoms with E-state index in [2.05, 4.69) is 23.7 Å². The molecule has 0 spiro atoms. The molecule has 0 bridgehead atoms. The average Bonchev–Trinajstić information content (AvgIpc) is 2.36. The summed E-state index contributed by atoms with van der Waals surface area (Å²) >= 11 is 0. The molecule has 4 nitrogen and oxygen atoms in total. The average molecular weight is 237 g/mol. The van der Waals surface area contributed by atoms with Gasteiger partial charge in [-0.05, 0) is 31.1 Å². The standard InChI is InChI=1S/C13H23N3O/c1-3-16(4-2)8-5-9-17-11-12-6-7-13(14)15-10-12/h6-7,10H,3-5,8-9,11H2,1-2H3,(H2,14,15). The van der Waals surface area contributed by atoms with Gasteiger partial charge in [-0.3, -0.25) is 0 Å². The first-order valence-electron chi connectivity index (χ1n) is 6.26. The Morgan fingerprint density at radius 1 is 1.29 bits per heavy atom. The van der Waals surface area contributed by atoms with Gasteiger partial charge in [0, 0.05) is 19.3 Å². The van der Waals surface area contributed by atoms with Crippen molar-refractivity contribution in [3.63, 3.8) is 0 Å². The van der Waals surface area contributed by atoms with Crippen LogP contribution in [0, 0.1) is 0 Å². The Bertz CT molecular complexity index is 296. The fraction of sp³-hybridized carbons (Fsp3) is 0.615. The third-order valence-electron chi connectivity index (χ3n) is 2.77. The van der Waals surface area contributed by atoms with E-state index in [0.29, 0.717) is 12.4 Å². The first kappa shape index (κ1) is 13.9. The Hall–Kier alpha value is -1.13. The van der Waals surface area contributed by atoms with Gasteiger partial charge in [0.2, 0.25) is 0 Å². The minimum atomic E-state index is 0.551. The van der Waals surface area contributed by atoms with Gasteiger partial charge in [0.1, 0.15) is 5.82 Å². The summed E-state index contributed by atoms with van der Waals surface area (Å²) in [5.74, 6) is 0.551. The molecule has 2 N–H and O–H groups in total. The van der Waals surface area contributed by atoms with Crippen molar-refractivity contribution in [3.05, 3.63) is 23.9 Å². The molecule has 0 amide bonds. The normalized spacial score (nSPS) is 11.0. The molecule has 1 heterocycles. The largest absolute Gasteiger partial charge is 0.384 e. The van der Waals surface area contributed by atoms with Crippen molar-refractivity contribution in [2.45, 2.75) is 26.9 Å². The molecule has 0 unspecified atom stereocenters. The quantitative estimate of drug-likeness (QED) is 0.702. The zero-order valence-corrected chi connectivity index (χ0v) is 10.9. The van der Waals surface area contributed by atoms with Gasteiger partial charge in [-0.25, -0.2) is 4.98 Å². The molecule has 0 aliphatic rings. The fourth-order valence-corrected chi connectivity index (χ4v) is 1.64. The van der Waals surface area contributed by atoms with Crippen LogP contribution in [0.25, 0.3) is 0 Å². The highest BCUT2D eigenvalue weighted by atomic mass is 16.5. The smallest absolute Gasteiger partial charge is 0.123 e. The van der Waals surface area contributed by atoms with Gasteiger partial charge < -0.3 is 15.4 Å². The molecule has 1 rings (SSSR count). The van der Waals surface area contributed by atoms with Crippen LogP contribution in [-0.2, 0) is 11.3 Å². The minimum Gasteiger partial charge on any atom is -0.384 e. The van der Waals surface area contributed by atoms with E-state index in [-0.39, 0.29) is 0 Å². The zero-order chi connectivity index (χ0) is 12.5. The monoisotopic (exact) mass is 237 g/mol. The molecule has 0 aliphatic carbocycles. The van der Waals surface area contributed by atoms with Crippen molar-refractivity contribution in [2.75, 3.05) is 32.0 Å². The maximum Gasteiger partial charge on any atom is 0.123 e. The second kappa shape index (κ2) is 8.03. The summed E-state index contributed by atoms with van der Waals surface area (Å²) < 4.78 is 5.59. The van der Waals surface area contributed by atoms with E-state index >= 15 is 0 Å². The van der Waals surface area contributed by atoms with Crippen molar-refractivity contribution in [2.24, 2.45) is 0 Å². The summed E-state index contributed by atoms with van der Waals surface area (Å²) in [6, 6.07) is 3.75. The number of hydrogen-bond acceptors (Lipinski definition) is 4. The SMILES string of the molecule is CCN(CC)CCCOCc1ccc(N)nc1. The summed E-state index contributed by atoms with van der Waals surface area (Å²) in [5, 5.41) is 0. The number of aromatic nitrogens is 1. The summed E-state index contributed by atoms with van der Waals surface area (Å²) in [7, 11) is 0. The third kappa shape index (κ3) is 5.65. The molecule has 0 radical (unpaired) electrons. The van der Waals surface area contributed by atoms with Crippen LogP contribution in [0.2, 0.25) is 0 Å². The molecule has 0 saturated heterocycles. The van der Waals surface area contributed by atoms with Crippen LogP contribution in [0.3, 0.4) is 0 Å². The molecule has 0 aromatic carbocycles. The number of pyridine rings is 1. The molecule has 1 aromatic rings. The number of ether oxygens (including phenoxy) is 1. The Morgan fingerprint density at radius 2 is 2.06 bits per heavy atom. The number of nitrogens with two attached hydrogens (primary N) is 1. The number of nitrogen functional groups attached to an aromatic ring is 1. The van der Waals surface area contributed by atoms with Crippen LogP contribution in [0.1, 0.15) is 25.8 Å². The fourth-order valence-electron chi connectivity index (χ4n) is 1.64. The lowest BCUT2D eigenvalue weighted by molar-refractivity contribution is 0.109. The van der Waals surface area contributed by atoms with Crippen LogP contribution in [0.15, 0.2) is 18.3 Å². The van der Waals surface area contributed by atoms with E-state index in [1.54, 1.807) is 12.3 Å².